The highest BCUT2D eigenvalue weighted by Gasteiger charge is 2.31. The van der Waals surface area contributed by atoms with Crippen molar-refractivity contribution in [2.45, 2.75) is 32.4 Å². The first-order chi connectivity index (χ1) is 14.8. The van der Waals surface area contributed by atoms with Crippen LogP contribution in [0.3, 0.4) is 0 Å². The van der Waals surface area contributed by atoms with Gasteiger partial charge in [0.25, 0.3) is 0 Å². The van der Waals surface area contributed by atoms with Crippen LogP contribution in [-0.2, 0) is 20.6 Å². The lowest BCUT2D eigenvalue weighted by molar-refractivity contribution is -0.126. The Kier molecular flexibility index (Phi) is 8.13. The van der Waals surface area contributed by atoms with Gasteiger partial charge in [0.05, 0.1) is 12.3 Å². The third-order valence-electron chi connectivity index (χ3n) is 5.69. The second kappa shape index (κ2) is 10.6. The number of ether oxygens (including phenoxy) is 1. The van der Waals surface area contributed by atoms with Crippen molar-refractivity contribution in [3.8, 4) is 5.75 Å². The Morgan fingerprint density at radius 1 is 1.13 bits per heavy atom. The van der Waals surface area contributed by atoms with Crippen molar-refractivity contribution in [3.05, 3.63) is 63.6 Å². The number of hydrogen-bond donors (Lipinski definition) is 1. The third-order valence-corrected chi connectivity index (χ3v) is 8.07. The number of nitrogens with zero attached hydrogens (tertiary/aromatic N) is 1. The summed E-state index contributed by atoms with van der Waals surface area (Å²) in [7, 11) is -3.39. The quantitative estimate of drug-likeness (QED) is 0.550. The van der Waals surface area contributed by atoms with E-state index in [9.17, 15) is 13.2 Å². The zero-order valence-corrected chi connectivity index (χ0v) is 20.3. The van der Waals surface area contributed by atoms with Gasteiger partial charge in [-0.1, -0.05) is 40.2 Å². The number of aryl methyl sites for hydroxylation is 1. The number of carbonyl (C=O) groups excluding carboxylic acids is 1. The molecule has 1 amide bonds. The maximum Gasteiger partial charge on any atom is 0.223 e. The van der Waals surface area contributed by atoms with E-state index in [-0.39, 0.29) is 17.6 Å². The van der Waals surface area contributed by atoms with Gasteiger partial charge in [-0.05, 0) is 61.6 Å². The largest absolute Gasteiger partial charge is 0.491 e. The first kappa shape index (κ1) is 23.8. The van der Waals surface area contributed by atoms with E-state index >= 15 is 0 Å². The summed E-state index contributed by atoms with van der Waals surface area (Å²) in [6, 6.07) is 13.2. The summed E-state index contributed by atoms with van der Waals surface area (Å²) in [4.78, 5) is 12.5. The Labute approximate surface area is 193 Å². The second-order valence-electron chi connectivity index (χ2n) is 7.89. The van der Waals surface area contributed by atoms with Gasteiger partial charge in [-0.3, -0.25) is 4.79 Å². The third kappa shape index (κ3) is 6.54. The SMILES string of the molecule is Cc1cccc(OCCNC(=O)C2CCN(S(=O)(=O)Cc3ccc(Br)cc3)CC2)c1C. The molecule has 0 radical (unpaired) electrons. The maximum absolute atomic E-state index is 12.7. The van der Waals surface area contributed by atoms with E-state index in [4.69, 9.17) is 4.74 Å². The van der Waals surface area contributed by atoms with E-state index in [1.54, 1.807) is 0 Å². The number of hydrogen-bond acceptors (Lipinski definition) is 4. The standard InChI is InChI=1S/C23H29BrN2O4S/c1-17-4-3-5-22(18(17)2)30-15-12-25-23(27)20-10-13-26(14-11-20)31(28,29)16-19-6-8-21(24)9-7-19/h3-9,20H,10-16H2,1-2H3,(H,25,27). The molecule has 1 heterocycles. The van der Waals surface area contributed by atoms with Gasteiger partial charge in [0, 0.05) is 23.5 Å². The van der Waals surface area contributed by atoms with Gasteiger partial charge in [0.2, 0.25) is 15.9 Å². The molecular formula is C23H29BrN2O4S. The minimum atomic E-state index is -3.39. The minimum Gasteiger partial charge on any atom is -0.491 e. The predicted octanol–water partition coefficient (Wildman–Crippen LogP) is 3.80. The molecule has 0 bridgehead atoms. The van der Waals surface area contributed by atoms with Gasteiger partial charge in [0.1, 0.15) is 12.4 Å². The van der Waals surface area contributed by atoms with Crippen molar-refractivity contribution >= 4 is 31.9 Å². The molecule has 0 atom stereocenters. The predicted molar refractivity (Wildman–Crippen MR) is 125 cm³/mol. The zero-order valence-electron chi connectivity index (χ0n) is 17.9. The lowest BCUT2D eigenvalue weighted by atomic mass is 9.97. The Bertz CT molecular complexity index is 1000. The van der Waals surface area contributed by atoms with E-state index in [1.165, 1.54) is 9.87 Å². The molecular weight excluding hydrogens is 480 g/mol. The van der Waals surface area contributed by atoms with E-state index in [1.807, 2.05) is 56.3 Å². The maximum atomic E-state index is 12.7. The van der Waals surface area contributed by atoms with E-state index in [0.717, 1.165) is 21.3 Å². The average molecular weight is 509 g/mol. The van der Waals surface area contributed by atoms with Gasteiger partial charge in [0.15, 0.2) is 0 Å². The molecule has 1 saturated heterocycles. The molecule has 0 aliphatic carbocycles. The molecule has 0 aromatic heterocycles. The highest BCUT2D eigenvalue weighted by molar-refractivity contribution is 9.10. The Morgan fingerprint density at radius 2 is 1.81 bits per heavy atom. The normalized spacial score (nSPS) is 15.6. The number of halogens is 1. The molecule has 1 aliphatic rings. The van der Waals surface area contributed by atoms with Gasteiger partial charge in [-0.2, -0.15) is 0 Å². The van der Waals surface area contributed by atoms with Crippen LogP contribution >= 0.6 is 15.9 Å². The number of piperidine rings is 1. The topological polar surface area (TPSA) is 75.7 Å². The van der Waals surface area contributed by atoms with Crippen molar-refractivity contribution in [2.75, 3.05) is 26.2 Å². The van der Waals surface area contributed by atoms with E-state index < -0.39 is 10.0 Å². The molecule has 1 aliphatic heterocycles. The van der Waals surface area contributed by atoms with Crippen molar-refractivity contribution in [2.24, 2.45) is 5.92 Å². The fraction of sp³-hybridized carbons (Fsp3) is 0.435. The second-order valence-corrected chi connectivity index (χ2v) is 10.8. The summed E-state index contributed by atoms with van der Waals surface area (Å²) in [6.45, 7) is 5.62. The van der Waals surface area contributed by atoms with Gasteiger partial charge in [-0.25, -0.2) is 12.7 Å². The van der Waals surface area contributed by atoms with Crippen LogP contribution < -0.4 is 10.1 Å². The molecule has 2 aromatic carbocycles. The highest BCUT2D eigenvalue weighted by Crippen LogP contribution is 2.23. The van der Waals surface area contributed by atoms with Crippen LogP contribution in [0, 0.1) is 19.8 Å². The van der Waals surface area contributed by atoms with Crippen LogP contribution in [0.2, 0.25) is 0 Å². The molecule has 6 nitrogen and oxygen atoms in total. The van der Waals surface area contributed by atoms with Crippen LogP contribution in [0.4, 0.5) is 0 Å². The number of benzene rings is 2. The highest BCUT2D eigenvalue weighted by atomic mass is 79.9. The Hall–Kier alpha value is -1.90. The fourth-order valence-corrected chi connectivity index (χ4v) is 5.47. The van der Waals surface area contributed by atoms with Gasteiger partial charge in [-0.15, -0.1) is 0 Å². The summed E-state index contributed by atoms with van der Waals surface area (Å²) in [5, 5.41) is 2.92. The van der Waals surface area contributed by atoms with E-state index in [2.05, 4.69) is 21.2 Å². The molecule has 1 fully saturated rings. The van der Waals surface area contributed by atoms with Crippen LogP contribution in [0.5, 0.6) is 5.75 Å². The lowest BCUT2D eigenvalue weighted by Crippen LogP contribution is -2.43. The summed E-state index contributed by atoms with van der Waals surface area (Å²) >= 11 is 3.36. The van der Waals surface area contributed by atoms with Crippen molar-refractivity contribution < 1.29 is 17.9 Å². The zero-order chi connectivity index (χ0) is 22.4. The van der Waals surface area contributed by atoms with Crippen LogP contribution in [0.1, 0.15) is 29.5 Å². The summed E-state index contributed by atoms with van der Waals surface area (Å²) in [5.41, 5.74) is 3.03. The number of carbonyl (C=O) groups is 1. The molecule has 0 unspecified atom stereocenters. The van der Waals surface area contributed by atoms with Crippen molar-refractivity contribution in [3.63, 3.8) is 0 Å². The summed E-state index contributed by atoms with van der Waals surface area (Å²) in [6.07, 6.45) is 1.06. The number of nitrogens with one attached hydrogen (secondary N) is 1. The van der Waals surface area contributed by atoms with Crippen LogP contribution in [-0.4, -0.2) is 44.9 Å². The van der Waals surface area contributed by atoms with Crippen LogP contribution in [0.25, 0.3) is 0 Å². The lowest BCUT2D eigenvalue weighted by Gasteiger charge is -2.30. The molecule has 3 rings (SSSR count). The molecule has 8 heteroatoms. The first-order valence-electron chi connectivity index (χ1n) is 10.5. The van der Waals surface area contributed by atoms with Gasteiger partial charge >= 0.3 is 0 Å². The minimum absolute atomic E-state index is 0.0210. The first-order valence-corrected chi connectivity index (χ1v) is 12.9. The summed E-state index contributed by atoms with van der Waals surface area (Å²) in [5.74, 6) is 0.611. The monoisotopic (exact) mass is 508 g/mol. The van der Waals surface area contributed by atoms with Gasteiger partial charge < -0.3 is 10.1 Å². The average Bonchev–Trinajstić information content (AvgIpc) is 2.75. The molecule has 168 valence electrons. The number of amides is 1. The van der Waals surface area contributed by atoms with Crippen molar-refractivity contribution in [1.82, 2.24) is 9.62 Å². The van der Waals surface area contributed by atoms with Crippen LogP contribution in [0.15, 0.2) is 46.9 Å². The fourth-order valence-electron chi connectivity index (χ4n) is 3.64. The summed E-state index contributed by atoms with van der Waals surface area (Å²) < 4.78 is 33.6. The number of sulfonamides is 1. The van der Waals surface area contributed by atoms with E-state index in [0.29, 0.717) is 39.1 Å². The Morgan fingerprint density at radius 3 is 2.48 bits per heavy atom. The molecule has 2 aromatic rings. The van der Waals surface area contributed by atoms with Crippen molar-refractivity contribution in [1.29, 1.82) is 0 Å². The molecule has 31 heavy (non-hydrogen) atoms. The molecule has 0 spiro atoms. The molecule has 1 N–H and O–H groups in total. The number of rotatable bonds is 8. The smallest absolute Gasteiger partial charge is 0.223 e. The Balaban J connectivity index is 1.42. The molecule has 0 saturated carbocycles.